The van der Waals surface area contributed by atoms with Gasteiger partial charge in [-0.1, -0.05) is 56.3 Å². The highest BCUT2D eigenvalue weighted by Crippen LogP contribution is 2.18. The molecule has 0 aliphatic heterocycles. The lowest BCUT2D eigenvalue weighted by Gasteiger charge is -2.19. The topological polar surface area (TPSA) is 21.3 Å². The predicted octanol–water partition coefficient (Wildman–Crippen LogP) is 4.34. The maximum atomic E-state index is 5.35. The van der Waals surface area contributed by atoms with E-state index in [1.165, 1.54) is 11.1 Å². The number of hydrogen-bond acceptors (Lipinski definition) is 2. The Morgan fingerprint density at radius 3 is 2.26 bits per heavy atom. The van der Waals surface area contributed by atoms with Crippen molar-refractivity contribution in [2.75, 3.05) is 20.2 Å². The molecule has 0 fully saturated rings. The zero-order valence-electron chi connectivity index (χ0n) is 14.6. The highest BCUT2D eigenvalue weighted by Gasteiger charge is 2.11. The highest BCUT2D eigenvalue weighted by molar-refractivity contribution is 5.29. The molecule has 0 heterocycles. The Bertz CT molecular complexity index is 565. The molecule has 0 saturated heterocycles. The molecule has 124 valence electrons. The van der Waals surface area contributed by atoms with Crippen LogP contribution in [0.15, 0.2) is 54.6 Å². The molecule has 1 unspecified atom stereocenters. The van der Waals surface area contributed by atoms with E-state index in [0.29, 0.717) is 11.8 Å². The van der Waals surface area contributed by atoms with E-state index in [4.69, 9.17) is 4.74 Å². The van der Waals surface area contributed by atoms with Crippen LogP contribution in [0.5, 0.6) is 5.75 Å². The molecule has 0 saturated carbocycles. The standard InChI is InChI=1S/C21H29NO/c1-17(2)15-22-16-20(12-18-8-5-4-6-9-18)13-19-10-7-11-21(14-19)23-3/h4-11,14,17,20,22H,12-13,15-16H2,1-3H3. The molecule has 0 spiro atoms. The zero-order chi connectivity index (χ0) is 16.5. The van der Waals surface area contributed by atoms with Crippen LogP contribution in [0, 0.1) is 11.8 Å². The second kappa shape index (κ2) is 9.36. The quantitative estimate of drug-likeness (QED) is 0.743. The van der Waals surface area contributed by atoms with Crippen LogP contribution >= 0.6 is 0 Å². The zero-order valence-corrected chi connectivity index (χ0v) is 14.6. The maximum Gasteiger partial charge on any atom is 0.119 e. The summed E-state index contributed by atoms with van der Waals surface area (Å²) in [6, 6.07) is 19.2. The third-order valence-electron chi connectivity index (χ3n) is 4.01. The summed E-state index contributed by atoms with van der Waals surface area (Å²) in [7, 11) is 1.73. The predicted molar refractivity (Wildman–Crippen MR) is 98.0 cm³/mol. The molecule has 2 aromatic rings. The normalized spacial score (nSPS) is 12.3. The van der Waals surface area contributed by atoms with Gasteiger partial charge in [0.25, 0.3) is 0 Å². The first-order valence-corrected chi connectivity index (χ1v) is 8.55. The van der Waals surface area contributed by atoms with Crippen molar-refractivity contribution in [3.05, 3.63) is 65.7 Å². The van der Waals surface area contributed by atoms with Gasteiger partial charge in [0, 0.05) is 0 Å². The van der Waals surface area contributed by atoms with Crippen LogP contribution in [-0.4, -0.2) is 20.2 Å². The number of nitrogens with one attached hydrogen (secondary N) is 1. The maximum absolute atomic E-state index is 5.35. The Morgan fingerprint density at radius 1 is 0.870 bits per heavy atom. The number of rotatable bonds is 9. The van der Waals surface area contributed by atoms with Gasteiger partial charge in [-0.15, -0.1) is 0 Å². The van der Waals surface area contributed by atoms with E-state index < -0.39 is 0 Å². The third kappa shape index (κ3) is 6.45. The summed E-state index contributed by atoms with van der Waals surface area (Å²) in [5, 5.41) is 3.62. The van der Waals surface area contributed by atoms with E-state index in [9.17, 15) is 0 Å². The third-order valence-corrected chi connectivity index (χ3v) is 4.01. The minimum absolute atomic E-state index is 0.586. The van der Waals surface area contributed by atoms with Crippen molar-refractivity contribution >= 4 is 0 Å². The number of ether oxygens (including phenoxy) is 1. The van der Waals surface area contributed by atoms with Crippen LogP contribution < -0.4 is 10.1 Å². The molecule has 23 heavy (non-hydrogen) atoms. The molecule has 2 heteroatoms. The largest absolute Gasteiger partial charge is 0.497 e. The van der Waals surface area contributed by atoms with Crippen LogP contribution in [0.25, 0.3) is 0 Å². The van der Waals surface area contributed by atoms with Gasteiger partial charge in [-0.25, -0.2) is 0 Å². The van der Waals surface area contributed by atoms with Crippen LogP contribution in [0.3, 0.4) is 0 Å². The first kappa shape index (κ1) is 17.6. The number of methoxy groups -OCH3 is 1. The summed E-state index contributed by atoms with van der Waals surface area (Å²) >= 11 is 0. The molecular weight excluding hydrogens is 282 g/mol. The van der Waals surface area contributed by atoms with Crippen LogP contribution in [0.4, 0.5) is 0 Å². The van der Waals surface area contributed by atoms with Gasteiger partial charge >= 0.3 is 0 Å². The first-order valence-electron chi connectivity index (χ1n) is 8.55. The Balaban J connectivity index is 2.02. The van der Waals surface area contributed by atoms with Gasteiger partial charge in [-0.2, -0.15) is 0 Å². The van der Waals surface area contributed by atoms with Crippen molar-refractivity contribution < 1.29 is 4.74 Å². The number of benzene rings is 2. The van der Waals surface area contributed by atoms with Crippen molar-refractivity contribution in [3.63, 3.8) is 0 Å². The van der Waals surface area contributed by atoms with E-state index >= 15 is 0 Å². The second-order valence-corrected chi connectivity index (χ2v) is 6.66. The van der Waals surface area contributed by atoms with Crippen LogP contribution in [-0.2, 0) is 12.8 Å². The van der Waals surface area contributed by atoms with Gasteiger partial charge in [-0.3, -0.25) is 0 Å². The molecule has 2 aromatic carbocycles. The van der Waals surface area contributed by atoms with Crippen molar-refractivity contribution in [3.8, 4) is 5.75 Å². The smallest absolute Gasteiger partial charge is 0.119 e. The molecule has 1 atom stereocenters. The molecule has 0 radical (unpaired) electrons. The Morgan fingerprint density at radius 2 is 1.57 bits per heavy atom. The lowest BCUT2D eigenvalue weighted by atomic mass is 9.92. The Kier molecular flexibility index (Phi) is 7.15. The second-order valence-electron chi connectivity index (χ2n) is 6.66. The van der Waals surface area contributed by atoms with Gasteiger partial charge in [0.2, 0.25) is 0 Å². The van der Waals surface area contributed by atoms with Crippen molar-refractivity contribution in [1.82, 2.24) is 5.32 Å². The van der Waals surface area contributed by atoms with Crippen molar-refractivity contribution in [1.29, 1.82) is 0 Å². The monoisotopic (exact) mass is 311 g/mol. The molecule has 0 aliphatic carbocycles. The Labute approximate surface area is 140 Å². The number of hydrogen-bond donors (Lipinski definition) is 1. The molecule has 0 aromatic heterocycles. The van der Waals surface area contributed by atoms with Gasteiger partial charge in [0.05, 0.1) is 7.11 Å². The summed E-state index contributed by atoms with van der Waals surface area (Å²) in [6.45, 7) is 6.62. The van der Waals surface area contributed by atoms with Crippen molar-refractivity contribution in [2.24, 2.45) is 11.8 Å². The molecule has 1 N–H and O–H groups in total. The first-order chi connectivity index (χ1) is 11.2. The average molecular weight is 311 g/mol. The summed E-state index contributed by atoms with van der Waals surface area (Å²) in [4.78, 5) is 0. The fourth-order valence-corrected chi connectivity index (χ4v) is 2.87. The summed E-state index contributed by atoms with van der Waals surface area (Å²) in [6.07, 6.45) is 2.17. The molecular formula is C21H29NO. The van der Waals surface area contributed by atoms with Gasteiger partial charge in [-0.05, 0) is 61.0 Å². The molecule has 0 bridgehead atoms. The average Bonchev–Trinajstić information content (AvgIpc) is 2.55. The summed E-state index contributed by atoms with van der Waals surface area (Å²) in [5.74, 6) is 2.21. The fourth-order valence-electron chi connectivity index (χ4n) is 2.87. The SMILES string of the molecule is COc1cccc(CC(CNCC(C)C)Cc2ccccc2)c1. The Hall–Kier alpha value is -1.80. The van der Waals surface area contributed by atoms with Crippen LogP contribution in [0.2, 0.25) is 0 Å². The molecule has 0 amide bonds. The molecule has 0 aliphatic rings. The van der Waals surface area contributed by atoms with E-state index in [2.05, 4.69) is 67.7 Å². The highest BCUT2D eigenvalue weighted by atomic mass is 16.5. The van der Waals surface area contributed by atoms with E-state index in [0.717, 1.165) is 31.7 Å². The molecule has 2 nitrogen and oxygen atoms in total. The van der Waals surface area contributed by atoms with E-state index in [1.807, 2.05) is 6.07 Å². The van der Waals surface area contributed by atoms with Crippen LogP contribution in [0.1, 0.15) is 25.0 Å². The van der Waals surface area contributed by atoms with Gasteiger partial charge < -0.3 is 10.1 Å². The summed E-state index contributed by atoms with van der Waals surface area (Å²) in [5.41, 5.74) is 2.75. The van der Waals surface area contributed by atoms with Gasteiger partial charge in [0.15, 0.2) is 0 Å². The molecule has 2 rings (SSSR count). The lowest BCUT2D eigenvalue weighted by molar-refractivity contribution is 0.412. The lowest BCUT2D eigenvalue weighted by Crippen LogP contribution is -2.28. The van der Waals surface area contributed by atoms with E-state index in [1.54, 1.807) is 7.11 Å². The van der Waals surface area contributed by atoms with Gasteiger partial charge in [0.1, 0.15) is 5.75 Å². The fraction of sp³-hybridized carbons (Fsp3) is 0.429. The minimum Gasteiger partial charge on any atom is -0.497 e. The minimum atomic E-state index is 0.586. The summed E-state index contributed by atoms with van der Waals surface area (Å²) < 4.78 is 5.35. The van der Waals surface area contributed by atoms with E-state index in [-0.39, 0.29) is 0 Å². The van der Waals surface area contributed by atoms with Crippen molar-refractivity contribution in [2.45, 2.75) is 26.7 Å².